The van der Waals surface area contributed by atoms with Crippen LogP contribution in [0.25, 0.3) is 0 Å². The Kier molecular flexibility index (Phi) is 4.78. The second-order valence-corrected chi connectivity index (χ2v) is 6.86. The lowest BCUT2D eigenvalue weighted by atomic mass is 9.99. The van der Waals surface area contributed by atoms with Gasteiger partial charge in [0.2, 0.25) is 0 Å². The fraction of sp³-hybridized carbons (Fsp3) is 0.562. The van der Waals surface area contributed by atoms with E-state index in [1.807, 2.05) is 30.0 Å². The first-order valence-corrected chi connectivity index (χ1v) is 8.72. The van der Waals surface area contributed by atoms with E-state index < -0.39 is 5.97 Å². The van der Waals surface area contributed by atoms with E-state index in [0.717, 1.165) is 35.0 Å². The molecule has 2 aliphatic heterocycles. The van der Waals surface area contributed by atoms with Gasteiger partial charge in [-0.15, -0.1) is 0 Å². The Morgan fingerprint density at radius 2 is 2.32 bits per heavy atom. The van der Waals surface area contributed by atoms with Crippen LogP contribution in [0.1, 0.15) is 24.4 Å². The minimum absolute atomic E-state index is 0.000237. The summed E-state index contributed by atoms with van der Waals surface area (Å²) in [5.74, 6) is 2.51. The highest BCUT2D eigenvalue weighted by atomic mass is 32.2. The molecule has 0 aromatic heterocycles. The molecule has 2 N–H and O–H groups in total. The highest BCUT2D eigenvalue weighted by Crippen LogP contribution is 2.40. The molecule has 0 saturated carbocycles. The van der Waals surface area contributed by atoms with Crippen molar-refractivity contribution in [2.45, 2.75) is 25.0 Å². The lowest BCUT2D eigenvalue weighted by molar-refractivity contribution is -0.141. The van der Waals surface area contributed by atoms with Gasteiger partial charge in [0.1, 0.15) is 6.10 Å². The van der Waals surface area contributed by atoms with Crippen LogP contribution >= 0.6 is 11.8 Å². The van der Waals surface area contributed by atoms with Crippen LogP contribution in [0.5, 0.6) is 11.5 Å². The molecule has 2 fully saturated rings. The predicted octanol–water partition coefficient (Wildman–Crippen LogP) is 2.31. The molecular formula is C16H21NO4S. The molecule has 2 saturated heterocycles. The van der Waals surface area contributed by atoms with Crippen LogP contribution in [0.15, 0.2) is 18.2 Å². The third kappa shape index (κ3) is 3.17. The van der Waals surface area contributed by atoms with E-state index >= 15 is 0 Å². The number of benzene rings is 1. The van der Waals surface area contributed by atoms with Gasteiger partial charge in [-0.1, -0.05) is 12.1 Å². The number of thioether (sulfide) groups is 1. The molecule has 3 atom stereocenters. The van der Waals surface area contributed by atoms with Gasteiger partial charge in [0.15, 0.2) is 11.5 Å². The van der Waals surface area contributed by atoms with E-state index in [2.05, 4.69) is 5.32 Å². The zero-order chi connectivity index (χ0) is 15.5. The van der Waals surface area contributed by atoms with Crippen molar-refractivity contribution in [2.24, 2.45) is 5.92 Å². The summed E-state index contributed by atoms with van der Waals surface area (Å²) in [5, 5.41) is 12.5. The minimum atomic E-state index is -0.743. The lowest BCUT2D eigenvalue weighted by Crippen LogP contribution is -2.20. The second-order valence-electron chi connectivity index (χ2n) is 5.71. The van der Waals surface area contributed by atoms with Crippen molar-refractivity contribution in [1.29, 1.82) is 0 Å². The fourth-order valence-electron chi connectivity index (χ4n) is 3.03. The third-order valence-electron chi connectivity index (χ3n) is 4.26. The number of hydrogen-bond donors (Lipinski definition) is 2. The van der Waals surface area contributed by atoms with Crippen molar-refractivity contribution < 1.29 is 19.4 Å². The van der Waals surface area contributed by atoms with Crippen LogP contribution in [0.2, 0.25) is 0 Å². The molecule has 3 rings (SSSR count). The number of carboxylic acids is 1. The lowest BCUT2D eigenvalue weighted by Gasteiger charge is -2.21. The molecule has 0 bridgehead atoms. The average molecular weight is 323 g/mol. The van der Waals surface area contributed by atoms with Crippen LogP contribution in [-0.2, 0) is 4.79 Å². The van der Waals surface area contributed by atoms with E-state index in [1.54, 1.807) is 7.11 Å². The molecule has 0 radical (unpaired) electrons. The number of carboxylic acid groups (broad SMARTS) is 1. The summed E-state index contributed by atoms with van der Waals surface area (Å²) in [6.07, 6.45) is 1.83. The molecule has 6 heteroatoms. The molecule has 2 aliphatic rings. The van der Waals surface area contributed by atoms with Gasteiger partial charge < -0.3 is 19.9 Å². The Balaban J connectivity index is 1.85. The van der Waals surface area contributed by atoms with Crippen LogP contribution in [0.3, 0.4) is 0 Å². The standard InChI is InChI=1S/C16H21NO4S/c1-20-14-4-2-3-12(13-7-10(8-17-13)16(18)19)15(14)21-11-5-6-22-9-11/h2-4,10-11,13,17H,5-9H2,1H3,(H,18,19). The topological polar surface area (TPSA) is 67.8 Å². The maximum absolute atomic E-state index is 11.2. The number of aliphatic carboxylic acids is 1. The largest absolute Gasteiger partial charge is 0.493 e. The minimum Gasteiger partial charge on any atom is -0.493 e. The second kappa shape index (κ2) is 6.79. The van der Waals surface area contributed by atoms with Gasteiger partial charge in [0.05, 0.1) is 13.0 Å². The third-order valence-corrected chi connectivity index (χ3v) is 5.39. The zero-order valence-electron chi connectivity index (χ0n) is 12.6. The summed E-state index contributed by atoms with van der Waals surface area (Å²) in [5.41, 5.74) is 1.00. The van der Waals surface area contributed by atoms with Crippen molar-refractivity contribution in [1.82, 2.24) is 5.32 Å². The monoisotopic (exact) mass is 323 g/mol. The Hall–Kier alpha value is -1.40. The van der Waals surface area contributed by atoms with E-state index in [9.17, 15) is 9.90 Å². The normalized spacial score (nSPS) is 27.8. The molecule has 1 aromatic carbocycles. The molecule has 0 spiro atoms. The smallest absolute Gasteiger partial charge is 0.307 e. The van der Waals surface area contributed by atoms with Gasteiger partial charge in [-0.2, -0.15) is 11.8 Å². The number of carbonyl (C=O) groups is 1. The van der Waals surface area contributed by atoms with E-state index in [-0.39, 0.29) is 18.1 Å². The first kappa shape index (κ1) is 15.5. The average Bonchev–Trinajstić information content (AvgIpc) is 3.18. The van der Waals surface area contributed by atoms with Crippen molar-refractivity contribution in [3.63, 3.8) is 0 Å². The molecule has 5 nitrogen and oxygen atoms in total. The zero-order valence-corrected chi connectivity index (χ0v) is 13.4. The maximum atomic E-state index is 11.2. The Morgan fingerprint density at radius 3 is 2.95 bits per heavy atom. The van der Waals surface area contributed by atoms with Crippen LogP contribution in [0.4, 0.5) is 0 Å². The molecule has 1 aromatic rings. The van der Waals surface area contributed by atoms with Gasteiger partial charge >= 0.3 is 5.97 Å². The fourth-order valence-corrected chi connectivity index (χ4v) is 4.12. The molecule has 3 unspecified atom stereocenters. The maximum Gasteiger partial charge on any atom is 0.307 e. The highest BCUT2D eigenvalue weighted by Gasteiger charge is 2.33. The molecular weight excluding hydrogens is 302 g/mol. The number of methoxy groups -OCH3 is 1. The molecule has 2 heterocycles. The Bertz CT molecular complexity index is 545. The Morgan fingerprint density at radius 1 is 1.45 bits per heavy atom. The first-order valence-electron chi connectivity index (χ1n) is 7.56. The number of nitrogens with one attached hydrogen (secondary N) is 1. The summed E-state index contributed by atoms with van der Waals surface area (Å²) < 4.78 is 11.7. The van der Waals surface area contributed by atoms with Crippen molar-refractivity contribution in [3.8, 4) is 11.5 Å². The molecule has 0 amide bonds. The number of para-hydroxylation sites is 1. The van der Waals surface area contributed by atoms with Gasteiger partial charge in [0.25, 0.3) is 0 Å². The molecule has 120 valence electrons. The van der Waals surface area contributed by atoms with Crippen molar-refractivity contribution >= 4 is 17.7 Å². The van der Waals surface area contributed by atoms with Crippen LogP contribution in [0, 0.1) is 5.92 Å². The summed E-state index contributed by atoms with van der Waals surface area (Å²) in [6, 6.07) is 5.83. The summed E-state index contributed by atoms with van der Waals surface area (Å²) in [7, 11) is 1.64. The SMILES string of the molecule is COc1cccc(C2CC(C(=O)O)CN2)c1OC1CCSC1. The van der Waals surface area contributed by atoms with E-state index in [4.69, 9.17) is 9.47 Å². The van der Waals surface area contributed by atoms with E-state index in [1.165, 1.54) is 0 Å². The van der Waals surface area contributed by atoms with Crippen molar-refractivity contribution in [2.75, 3.05) is 25.2 Å². The van der Waals surface area contributed by atoms with Gasteiger partial charge in [-0.05, 0) is 24.7 Å². The Labute approximate surface area is 134 Å². The van der Waals surface area contributed by atoms with Crippen LogP contribution in [-0.4, -0.2) is 42.3 Å². The highest BCUT2D eigenvalue weighted by molar-refractivity contribution is 7.99. The van der Waals surface area contributed by atoms with Gasteiger partial charge in [-0.3, -0.25) is 4.79 Å². The summed E-state index contributed by atoms with van der Waals surface area (Å²) >= 11 is 1.90. The molecule has 22 heavy (non-hydrogen) atoms. The van der Waals surface area contributed by atoms with Gasteiger partial charge in [0, 0.05) is 23.9 Å². The number of ether oxygens (including phenoxy) is 2. The van der Waals surface area contributed by atoms with Gasteiger partial charge in [-0.25, -0.2) is 0 Å². The molecule has 0 aliphatic carbocycles. The van der Waals surface area contributed by atoms with E-state index in [0.29, 0.717) is 13.0 Å². The summed E-state index contributed by atoms with van der Waals surface area (Å²) in [4.78, 5) is 11.2. The quantitative estimate of drug-likeness (QED) is 0.867. The number of hydrogen-bond acceptors (Lipinski definition) is 5. The summed E-state index contributed by atoms with van der Waals surface area (Å²) in [6.45, 7) is 0.496. The number of rotatable bonds is 5. The van der Waals surface area contributed by atoms with Crippen molar-refractivity contribution in [3.05, 3.63) is 23.8 Å². The predicted molar refractivity (Wildman–Crippen MR) is 85.8 cm³/mol. The van der Waals surface area contributed by atoms with Crippen LogP contribution < -0.4 is 14.8 Å². The first-order chi connectivity index (χ1) is 10.7.